The first-order chi connectivity index (χ1) is 19.0. The Balaban J connectivity index is 1.11. The third kappa shape index (κ3) is 9.75. The topological polar surface area (TPSA) is 0 Å². The average Bonchev–Trinajstić information content (AvgIpc) is 2.96. The third-order valence-electron chi connectivity index (χ3n) is 8.76. The Kier molecular flexibility index (Phi) is 11.9. The Hall–Kier alpha value is -2.19. The van der Waals surface area contributed by atoms with Crippen molar-refractivity contribution in [2.45, 2.75) is 103 Å². The molecule has 1 aliphatic carbocycles. The van der Waals surface area contributed by atoms with Crippen molar-refractivity contribution >= 4 is 11.6 Å². The molecule has 210 valence electrons. The lowest BCUT2D eigenvalue weighted by Crippen LogP contribution is -2.15. The molecule has 0 aromatic heterocycles. The SMILES string of the molecule is CCCCCCc1ccc(CC[C@H]2CC[C@H](CCc3ccc(CCc4cc(F)c(Cl)c(F)c4)cc3)CC2)cc1. The predicted molar refractivity (Wildman–Crippen MR) is 162 cm³/mol. The fourth-order valence-corrected chi connectivity index (χ4v) is 6.20. The van der Waals surface area contributed by atoms with Gasteiger partial charge in [0.2, 0.25) is 0 Å². The molecular formula is C36H45ClF2. The molecule has 3 heteroatoms. The lowest BCUT2D eigenvalue weighted by Gasteiger charge is -2.28. The monoisotopic (exact) mass is 550 g/mol. The highest BCUT2D eigenvalue weighted by molar-refractivity contribution is 6.30. The van der Waals surface area contributed by atoms with E-state index in [1.807, 2.05) is 0 Å². The molecule has 1 aliphatic rings. The van der Waals surface area contributed by atoms with E-state index in [-0.39, 0.29) is 0 Å². The summed E-state index contributed by atoms with van der Waals surface area (Å²) in [7, 11) is 0. The summed E-state index contributed by atoms with van der Waals surface area (Å²) < 4.78 is 27.4. The van der Waals surface area contributed by atoms with Gasteiger partial charge in [-0.3, -0.25) is 0 Å². The number of benzene rings is 3. The van der Waals surface area contributed by atoms with Crippen LogP contribution in [-0.2, 0) is 32.1 Å². The van der Waals surface area contributed by atoms with Gasteiger partial charge in [0.1, 0.15) is 16.7 Å². The fourth-order valence-electron chi connectivity index (χ4n) is 6.09. The summed E-state index contributed by atoms with van der Waals surface area (Å²) in [5.74, 6) is 0.364. The molecule has 3 aromatic carbocycles. The highest BCUT2D eigenvalue weighted by atomic mass is 35.5. The summed E-state index contributed by atoms with van der Waals surface area (Å²) in [5, 5.41) is -0.425. The molecule has 0 radical (unpaired) electrons. The van der Waals surface area contributed by atoms with Gasteiger partial charge in [0, 0.05) is 0 Å². The normalized spacial score (nSPS) is 17.4. The summed E-state index contributed by atoms with van der Waals surface area (Å²) >= 11 is 5.59. The minimum atomic E-state index is -0.686. The number of aryl methyl sites for hydroxylation is 5. The second-order valence-corrected chi connectivity index (χ2v) is 12.2. The van der Waals surface area contributed by atoms with E-state index in [2.05, 4.69) is 55.5 Å². The summed E-state index contributed by atoms with van der Waals surface area (Å²) in [6, 6.07) is 20.9. The van der Waals surface area contributed by atoms with Crippen molar-refractivity contribution in [2.75, 3.05) is 0 Å². The van der Waals surface area contributed by atoms with E-state index >= 15 is 0 Å². The van der Waals surface area contributed by atoms with Crippen LogP contribution in [0.25, 0.3) is 0 Å². The van der Waals surface area contributed by atoms with Crippen LogP contribution in [0.2, 0.25) is 5.02 Å². The predicted octanol–water partition coefficient (Wildman–Crippen LogP) is 10.9. The molecule has 0 nitrogen and oxygen atoms in total. The van der Waals surface area contributed by atoms with Gasteiger partial charge in [-0.15, -0.1) is 0 Å². The summed E-state index contributed by atoms with van der Waals surface area (Å²) in [4.78, 5) is 0. The molecule has 0 bridgehead atoms. The van der Waals surface area contributed by atoms with E-state index in [0.717, 1.165) is 24.7 Å². The number of hydrogen-bond acceptors (Lipinski definition) is 0. The minimum absolute atomic E-state index is 0.425. The van der Waals surface area contributed by atoms with Crippen LogP contribution in [0.4, 0.5) is 8.78 Å². The van der Waals surface area contributed by atoms with Crippen molar-refractivity contribution in [1.82, 2.24) is 0 Å². The number of rotatable bonds is 14. The van der Waals surface area contributed by atoms with Gasteiger partial charge < -0.3 is 0 Å². The van der Waals surface area contributed by atoms with Crippen LogP contribution in [0.5, 0.6) is 0 Å². The molecule has 0 N–H and O–H groups in total. The van der Waals surface area contributed by atoms with E-state index in [4.69, 9.17) is 11.6 Å². The molecule has 0 unspecified atom stereocenters. The third-order valence-corrected chi connectivity index (χ3v) is 9.12. The Morgan fingerprint density at radius 1 is 0.564 bits per heavy atom. The fraction of sp³-hybridized carbons (Fsp3) is 0.500. The van der Waals surface area contributed by atoms with Gasteiger partial charge in [-0.2, -0.15) is 0 Å². The van der Waals surface area contributed by atoms with Gasteiger partial charge in [0.15, 0.2) is 0 Å². The molecule has 1 saturated carbocycles. The van der Waals surface area contributed by atoms with Crippen LogP contribution in [0.15, 0.2) is 60.7 Å². The first kappa shape index (κ1) is 29.8. The van der Waals surface area contributed by atoms with Gasteiger partial charge in [0.25, 0.3) is 0 Å². The molecule has 4 rings (SSSR count). The van der Waals surface area contributed by atoms with E-state index in [9.17, 15) is 8.78 Å². The van der Waals surface area contributed by atoms with E-state index in [1.165, 1.54) is 111 Å². The number of halogens is 3. The molecule has 0 atom stereocenters. The van der Waals surface area contributed by atoms with Crippen molar-refractivity contribution in [2.24, 2.45) is 11.8 Å². The molecular weight excluding hydrogens is 506 g/mol. The van der Waals surface area contributed by atoms with Crippen molar-refractivity contribution in [3.8, 4) is 0 Å². The van der Waals surface area contributed by atoms with Gasteiger partial charge in [0.05, 0.1) is 0 Å². The van der Waals surface area contributed by atoms with Gasteiger partial charge in [-0.05, 0) is 103 Å². The maximum absolute atomic E-state index is 13.7. The van der Waals surface area contributed by atoms with Crippen LogP contribution in [0.1, 0.15) is 98.9 Å². The van der Waals surface area contributed by atoms with Gasteiger partial charge in [-0.25, -0.2) is 8.78 Å². The molecule has 0 amide bonds. The van der Waals surface area contributed by atoms with Crippen molar-refractivity contribution < 1.29 is 8.78 Å². The van der Waals surface area contributed by atoms with Crippen molar-refractivity contribution in [1.29, 1.82) is 0 Å². The molecule has 0 spiro atoms. The Bertz CT molecular complexity index is 1100. The maximum atomic E-state index is 13.7. The van der Waals surface area contributed by atoms with Crippen LogP contribution in [0, 0.1) is 23.5 Å². The summed E-state index contributed by atoms with van der Waals surface area (Å²) in [5.41, 5.74) is 6.22. The zero-order valence-electron chi connectivity index (χ0n) is 23.7. The molecule has 3 aromatic rings. The molecule has 0 aliphatic heterocycles. The minimum Gasteiger partial charge on any atom is -0.205 e. The number of hydrogen-bond donors (Lipinski definition) is 0. The smallest absolute Gasteiger partial charge is 0.145 e. The average molecular weight is 551 g/mol. The van der Waals surface area contributed by atoms with Gasteiger partial charge >= 0.3 is 0 Å². The summed E-state index contributed by atoms with van der Waals surface area (Å²) in [6.45, 7) is 2.27. The second-order valence-electron chi connectivity index (χ2n) is 11.8. The highest BCUT2D eigenvalue weighted by Gasteiger charge is 2.21. The molecule has 1 fully saturated rings. The lowest BCUT2D eigenvalue weighted by atomic mass is 9.77. The highest BCUT2D eigenvalue weighted by Crippen LogP contribution is 2.34. The largest absolute Gasteiger partial charge is 0.205 e. The number of unbranched alkanes of at least 4 members (excludes halogenated alkanes) is 3. The molecule has 0 saturated heterocycles. The molecule has 0 heterocycles. The van der Waals surface area contributed by atoms with Crippen LogP contribution >= 0.6 is 11.6 Å². The summed E-state index contributed by atoms with van der Waals surface area (Å²) in [6.07, 6.45) is 18.4. The van der Waals surface area contributed by atoms with E-state index < -0.39 is 16.7 Å². The van der Waals surface area contributed by atoms with Gasteiger partial charge in [-0.1, -0.05) is 112 Å². The lowest BCUT2D eigenvalue weighted by molar-refractivity contribution is 0.253. The van der Waals surface area contributed by atoms with Crippen LogP contribution in [-0.4, -0.2) is 0 Å². The zero-order valence-corrected chi connectivity index (χ0v) is 24.4. The first-order valence-electron chi connectivity index (χ1n) is 15.3. The van der Waals surface area contributed by atoms with Crippen LogP contribution < -0.4 is 0 Å². The van der Waals surface area contributed by atoms with Crippen molar-refractivity contribution in [3.05, 3.63) is 105 Å². The standard InChI is InChI=1S/C36H45ClF2/c1-2-3-4-5-6-27-7-9-28(10-8-27)11-12-29-13-15-30(16-14-29)17-18-31-19-21-32(22-20-31)23-24-33-25-34(38)36(37)35(39)26-33/h7-10,19-22,25-26,29-30H,2-6,11-18,23-24H2,1H3/t29-,30-. The van der Waals surface area contributed by atoms with Crippen LogP contribution in [0.3, 0.4) is 0 Å². The first-order valence-corrected chi connectivity index (χ1v) is 15.7. The second kappa shape index (κ2) is 15.6. The quantitative estimate of drug-likeness (QED) is 0.138. The Morgan fingerprint density at radius 3 is 1.44 bits per heavy atom. The maximum Gasteiger partial charge on any atom is 0.145 e. The van der Waals surface area contributed by atoms with E-state index in [0.29, 0.717) is 12.0 Å². The van der Waals surface area contributed by atoms with E-state index in [1.54, 1.807) is 0 Å². The Morgan fingerprint density at radius 2 is 0.974 bits per heavy atom. The zero-order chi connectivity index (χ0) is 27.5. The van der Waals surface area contributed by atoms with Crippen molar-refractivity contribution in [3.63, 3.8) is 0 Å². The Labute approximate surface area is 240 Å². The molecule has 39 heavy (non-hydrogen) atoms.